The van der Waals surface area contributed by atoms with Crippen LogP contribution < -0.4 is 5.32 Å². The smallest absolute Gasteiger partial charge is 0.0270 e. The maximum Gasteiger partial charge on any atom is 0.0270 e. The van der Waals surface area contributed by atoms with Gasteiger partial charge in [-0.1, -0.05) is 26.7 Å². The molecule has 18 heavy (non-hydrogen) atoms. The van der Waals surface area contributed by atoms with Gasteiger partial charge in [-0.05, 0) is 55.3 Å². The van der Waals surface area contributed by atoms with Crippen molar-refractivity contribution in [3.63, 3.8) is 0 Å². The molecule has 1 atom stereocenters. The van der Waals surface area contributed by atoms with Gasteiger partial charge in [0.15, 0.2) is 0 Å². The summed E-state index contributed by atoms with van der Waals surface area (Å²) in [5, 5.41) is 3.70. The van der Waals surface area contributed by atoms with Crippen LogP contribution in [0.3, 0.4) is 0 Å². The Labute approximate surface area is 111 Å². The van der Waals surface area contributed by atoms with E-state index < -0.39 is 0 Å². The SMILES string of the molecule is CCNC(Cc1ccncc1)C1CCC(C)CC1. The molecule has 0 aromatic carbocycles. The molecule has 1 N–H and O–H groups in total. The average Bonchev–Trinajstić information content (AvgIpc) is 2.40. The summed E-state index contributed by atoms with van der Waals surface area (Å²) in [5.74, 6) is 1.79. The molecule has 2 nitrogen and oxygen atoms in total. The lowest BCUT2D eigenvalue weighted by Crippen LogP contribution is -2.39. The van der Waals surface area contributed by atoms with Crippen LogP contribution in [0.2, 0.25) is 0 Å². The van der Waals surface area contributed by atoms with Crippen molar-refractivity contribution in [1.29, 1.82) is 0 Å². The highest BCUT2D eigenvalue weighted by atomic mass is 14.9. The van der Waals surface area contributed by atoms with Gasteiger partial charge in [0.2, 0.25) is 0 Å². The molecule has 1 saturated carbocycles. The fourth-order valence-corrected chi connectivity index (χ4v) is 3.13. The molecule has 1 aliphatic carbocycles. The molecule has 0 aliphatic heterocycles. The van der Waals surface area contributed by atoms with Crippen molar-refractivity contribution >= 4 is 0 Å². The highest BCUT2D eigenvalue weighted by molar-refractivity contribution is 5.11. The second-order valence-electron chi connectivity index (χ2n) is 5.74. The van der Waals surface area contributed by atoms with Crippen LogP contribution in [0.5, 0.6) is 0 Å². The van der Waals surface area contributed by atoms with E-state index in [0.29, 0.717) is 6.04 Å². The van der Waals surface area contributed by atoms with Gasteiger partial charge >= 0.3 is 0 Å². The number of nitrogens with zero attached hydrogens (tertiary/aromatic N) is 1. The minimum Gasteiger partial charge on any atom is -0.314 e. The molecule has 0 radical (unpaired) electrons. The lowest BCUT2D eigenvalue weighted by Gasteiger charge is -2.33. The van der Waals surface area contributed by atoms with Gasteiger partial charge in [-0.3, -0.25) is 4.98 Å². The topological polar surface area (TPSA) is 24.9 Å². The molecule has 1 heterocycles. The Bertz CT molecular complexity index is 328. The molecular formula is C16H26N2. The molecule has 1 fully saturated rings. The van der Waals surface area contributed by atoms with Gasteiger partial charge in [0.25, 0.3) is 0 Å². The minimum absolute atomic E-state index is 0.643. The van der Waals surface area contributed by atoms with Gasteiger partial charge in [-0.15, -0.1) is 0 Å². The van der Waals surface area contributed by atoms with Gasteiger partial charge in [-0.25, -0.2) is 0 Å². The first-order chi connectivity index (χ1) is 8.79. The van der Waals surface area contributed by atoms with E-state index in [1.54, 1.807) is 0 Å². The maximum absolute atomic E-state index is 4.10. The predicted molar refractivity (Wildman–Crippen MR) is 76.5 cm³/mol. The number of pyridine rings is 1. The molecule has 100 valence electrons. The van der Waals surface area contributed by atoms with Gasteiger partial charge < -0.3 is 5.32 Å². The Kier molecular flexibility index (Phi) is 5.18. The summed E-state index contributed by atoms with van der Waals surface area (Å²) in [5.41, 5.74) is 1.41. The zero-order chi connectivity index (χ0) is 12.8. The van der Waals surface area contributed by atoms with E-state index >= 15 is 0 Å². The Morgan fingerprint density at radius 3 is 2.50 bits per heavy atom. The van der Waals surface area contributed by atoms with Crippen LogP contribution >= 0.6 is 0 Å². The van der Waals surface area contributed by atoms with Crippen LogP contribution in [-0.4, -0.2) is 17.6 Å². The van der Waals surface area contributed by atoms with E-state index in [0.717, 1.165) is 24.8 Å². The van der Waals surface area contributed by atoms with Crippen molar-refractivity contribution in [3.8, 4) is 0 Å². The molecular weight excluding hydrogens is 220 g/mol. The predicted octanol–water partition coefficient (Wildman–Crippen LogP) is 3.43. The van der Waals surface area contributed by atoms with Crippen LogP contribution in [0.25, 0.3) is 0 Å². The Balaban J connectivity index is 1.95. The first kappa shape index (κ1) is 13.5. The molecule has 2 rings (SSSR count). The third-order valence-corrected chi connectivity index (χ3v) is 4.30. The average molecular weight is 246 g/mol. The molecule has 0 saturated heterocycles. The third-order valence-electron chi connectivity index (χ3n) is 4.30. The lowest BCUT2D eigenvalue weighted by molar-refractivity contribution is 0.230. The molecule has 2 heteroatoms. The molecule has 0 amide bonds. The highest BCUT2D eigenvalue weighted by Crippen LogP contribution is 2.31. The van der Waals surface area contributed by atoms with Gasteiger partial charge in [0, 0.05) is 18.4 Å². The number of likely N-dealkylation sites (N-methyl/N-ethyl adjacent to an activating group) is 1. The quantitative estimate of drug-likeness (QED) is 0.861. The van der Waals surface area contributed by atoms with E-state index in [4.69, 9.17) is 0 Å². The molecule has 0 spiro atoms. The van der Waals surface area contributed by atoms with Gasteiger partial charge in [0.1, 0.15) is 0 Å². The van der Waals surface area contributed by atoms with Crippen molar-refractivity contribution in [2.75, 3.05) is 6.54 Å². The summed E-state index contributed by atoms with van der Waals surface area (Å²) < 4.78 is 0. The fourth-order valence-electron chi connectivity index (χ4n) is 3.13. The highest BCUT2D eigenvalue weighted by Gasteiger charge is 2.25. The van der Waals surface area contributed by atoms with E-state index in [1.807, 2.05) is 12.4 Å². The van der Waals surface area contributed by atoms with Crippen molar-refractivity contribution in [1.82, 2.24) is 10.3 Å². The number of hydrogen-bond acceptors (Lipinski definition) is 2. The van der Waals surface area contributed by atoms with Gasteiger partial charge in [-0.2, -0.15) is 0 Å². The fraction of sp³-hybridized carbons (Fsp3) is 0.688. The van der Waals surface area contributed by atoms with Crippen molar-refractivity contribution in [2.45, 2.75) is 52.0 Å². The summed E-state index contributed by atoms with van der Waals surface area (Å²) in [6, 6.07) is 4.94. The number of hydrogen-bond donors (Lipinski definition) is 1. The summed E-state index contributed by atoms with van der Waals surface area (Å²) in [6.07, 6.45) is 10.6. The summed E-state index contributed by atoms with van der Waals surface area (Å²) in [7, 11) is 0. The largest absolute Gasteiger partial charge is 0.314 e. The van der Waals surface area contributed by atoms with E-state index in [-0.39, 0.29) is 0 Å². The Morgan fingerprint density at radius 1 is 1.22 bits per heavy atom. The molecule has 1 aromatic heterocycles. The first-order valence-electron chi connectivity index (χ1n) is 7.42. The summed E-state index contributed by atoms with van der Waals surface area (Å²) >= 11 is 0. The standard InChI is InChI=1S/C16H26N2/c1-3-18-16(12-14-8-10-17-11-9-14)15-6-4-13(2)5-7-15/h8-11,13,15-16,18H,3-7,12H2,1-2H3. The van der Waals surface area contributed by atoms with Crippen molar-refractivity contribution in [3.05, 3.63) is 30.1 Å². The summed E-state index contributed by atoms with van der Waals surface area (Å²) in [4.78, 5) is 4.10. The summed E-state index contributed by atoms with van der Waals surface area (Å²) in [6.45, 7) is 5.67. The first-order valence-corrected chi connectivity index (χ1v) is 7.42. The number of aromatic nitrogens is 1. The van der Waals surface area contributed by atoms with Crippen molar-refractivity contribution < 1.29 is 0 Å². The van der Waals surface area contributed by atoms with Crippen LogP contribution in [-0.2, 0) is 6.42 Å². The lowest BCUT2D eigenvalue weighted by atomic mass is 9.78. The van der Waals surface area contributed by atoms with Crippen molar-refractivity contribution in [2.24, 2.45) is 11.8 Å². The second kappa shape index (κ2) is 6.89. The molecule has 0 bridgehead atoms. The van der Waals surface area contributed by atoms with Crippen LogP contribution in [0.15, 0.2) is 24.5 Å². The maximum atomic E-state index is 4.10. The Hall–Kier alpha value is -0.890. The zero-order valence-corrected chi connectivity index (χ0v) is 11.7. The molecule has 1 unspecified atom stereocenters. The molecule has 1 aromatic rings. The van der Waals surface area contributed by atoms with Crippen LogP contribution in [0.1, 0.15) is 45.1 Å². The zero-order valence-electron chi connectivity index (χ0n) is 11.7. The monoisotopic (exact) mass is 246 g/mol. The van der Waals surface area contributed by atoms with Gasteiger partial charge in [0.05, 0.1) is 0 Å². The Morgan fingerprint density at radius 2 is 1.89 bits per heavy atom. The van der Waals surface area contributed by atoms with E-state index in [2.05, 4.69) is 36.3 Å². The van der Waals surface area contributed by atoms with E-state index in [9.17, 15) is 0 Å². The molecule has 1 aliphatic rings. The number of rotatable bonds is 5. The normalized spacial score (nSPS) is 25.9. The van der Waals surface area contributed by atoms with Crippen LogP contribution in [0.4, 0.5) is 0 Å². The second-order valence-corrected chi connectivity index (χ2v) is 5.74. The van der Waals surface area contributed by atoms with Crippen LogP contribution in [0, 0.1) is 11.8 Å². The van der Waals surface area contributed by atoms with E-state index in [1.165, 1.54) is 31.2 Å². The third kappa shape index (κ3) is 3.81. The minimum atomic E-state index is 0.643. The number of nitrogens with one attached hydrogen (secondary N) is 1.